The van der Waals surface area contributed by atoms with Gasteiger partial charge in [0.25, 0.3) is 0 Å². The van der Waals surface area contributed by atoms with Crippen LogP contribution in [0.15, 0.2) is 0 Å². The van der Waals surface area contributed by atoms with Crippen molar-refractivity contribution in [1.82, 2.24) is 10.6 Å². The normalized spacial score (nSPS) is 13.9. The number of rotatable bonds is 6. The predicted molar refractivity (Wildman–Crippen MR) is 46.2 cm³/mol. The lowest BCUT2D eigenvalue weighted by Gasteiger charge is -2.15. The zero-order valence-electron chi connectivity index (χ0n) is 7.30. The monoisotopic (exact) mass is 161 g/mol. The number of nitrogens with one attached hydrogen (secondary N) is 2. The largest absolute Gasteiger partial charge is 0.377 e. The van der Waals surface area contributed by atoms with Crippen LogP contribution in [0.4, 0.5) is 0 Å². The Labute approximate surface area is 68.2 Å². The maximum Gasteiger partial charge on any atom is 0.117 e. The van der Waals surface area contributed by atoms with E-state index in [2.05, 4.69) is 10.6 Å². The maximum atomic E-state index is 9.23. The average Bonchev–Trinajstić information content (AvgIpc) is 1.86. The van der Waals surface area contributed by atoms with E-state index in [9.17, 15) is 5.11 Å². The lowest BCUT2D eigenvalue weighted by atomic mass is 10.4. The van der Waals surface area contributed by atoms with Crippen molar-refractivity contribution in [2.45, 2.75) is 26.1 Å². The molecule has 0 aromatic rings. The molecule has 68 valence electrons. The maximum absolute atomic E-state index is 9.23. The summed E-state index contributed by atoms with van der Waals surface area (Å²) in [7, 11) is 0. The standard InChI is InChI=1S/C7H19N3O/c1-6(2)10-7(11)5-9-4-3-8/h6-7,9-11H,3-5,8H2,1-2H3. The number of hydrogen-bond donors (Lipinski definition) is 4. The molecule has 0 rings (SSSR count). The molecule has 0 saturated heterocycles. The Morgan fingerprint density at radius 3 is 2.55 bits per heavy atom. The van der Waals surface area contributed by atoms with Crippen molar-refractivity contribution >= 4 is 0 Å². The molecule has 0 radical (unpaired) electrons. The van der Waals surface area contributed by atoms with Crippen LogP contribution in [0.5, 0.6) is 0 Å². The van der Waals surface area contributed by atoms with Gasteiger partial charge < -0.3 is 16.2 Å². The highest BCUT2D eigenvalue weighted by atomic mass is 16.3. The van der Waals surface area contributed by atoms with E-state index >= 15 is 0 Å². The first-order valence-corrected chi connectivity index (χ1v) is 4.01. The minimum atomic E-state index is -0.471. The van der Waals surface area contributed by atoms with E-state index in [-0.39, 0.29) is 0 Å². The number of hydrogen-bond acceptors (Lipinski definition) is 4. The van der Waals surface area contributed by atoms with Crippen molar-refractivity contribution in [1.29, 1.82) is 0 Å². The van der Waals surface area contributed by atoms with Crippen LogP contribution in [0, 0.1) is 0 Å². The van der Waals surface area contributed by atoms with E-state index in [0.717, 1.165) is 6.54 Å². The molecule has 0 aromatic carbocycles. The van der Waals surface area contributed by atoms with Gasteiger partial charge in [-0.2, -0.15) is 0 Å². The van der Waals surface area contributed by atoms with E-state index in [1.807, 2.05) is 13.8 Å². The molecular weight excluding hydrogens is 142 g/mol. The average molecular weight is 161 g/mol. The summed E-state index contributed by atoms with van der Waals surface area (Å²) in [5, 5.41) is 15.2. The van der Waals surface area contributed by atoms with Crippen LogP contribution >= 0.6 is 0 Å². The van der Waals surface area contributed by atoms with E-state index < -0.39 is 6.23 Å². The molecule has 0 aromatic heterocycles. The minimum absolute atomic E-state index is 0.310. The molecule has 0 bridgehead atoms. The van der Waals surface area contributed by atoms with Gasteiger partial charge in [-0.15, -0.1) is 0 Å². The summed E-state index contributed by atoms with van der Waals surface area (Å²) >= 11 is 0. The molecule has 0 aliphatic rings. The van der Waals surface area contributed by atoms with Crippen molar-refractivity contribution in [2.24, 2.45) is 5.73 Å². The van der Waals surface area contributed by atoms with Gasteiger partial charge in [0, 0.05) is 25.7 Å². The molecule has 0 aliphatic carbocycles. The van der Waals surface area contributed by atoms with Crippen molar-refractivity contribution in [2.75, 3.05) is 19.6 Å². The second kappa shape index (κ2) is 6.54. The molecular formula is C7H19N3O. The van der Waals surface area contributed by atoms with Gasteiger partial charge in [-0.25, -0.2) is 0 Å². The van der Waals surface area contributed by atoms with Gasteiger partial charge in [0.05, 0.1) is 0 Å². The molecule has 0 amide bonds. The third kappa shape index (κ3) is 7.74. The van der Waals surface area contributed by atoms with Crippen molar-refractivity contribution in [3.8, 4) is 0 Å². The third-order valence-corrected chi connectivity index (χ3v) is 1.18. The zero-order chi connectivity index (χ0) is 8.69. The molecule has 0 spiro atoms. The summed E-state index contributed by atoms with van der Waals surface area (Å²) < 4.78 is 0. The SMILES string of the molecule is CC(C)NC(O)CNCCN. The van der Waals surface area contributed by atoms with Gasteiger partial charge in [-0.3, -0.25) is 5.32 Å². The summed E-state index contributed by atoms with van der Waals surface area (Å²) in [6.45, 7) is 5.89. The van der Waals surface area contributed by atoms with E-state index in [4.69, 9.17) is 5.73 Å². The van der Waals surface area contributed by atoms with Gasteiger partial charge in [0.15, 0.2) is 0 Å². The fourth-order valence-electron chi connectivity index (χ4n) is 0.785. The van der Waals surface area contributed by atoms with E-state index in [1.165, 1.54) is 0 Å². The Morgan fingerprint density at radius 2 is 2.09 bits per heavy atom. The molecule has 1 atom stereocenters. The summed E-state index contributed by atoms with van der Waals surface area (Å²) in [6.07, 6.45) is -0.471. The Balaban J connectivity index is 3.15. The molecule has 0 heterocycles. The Bertz CT molecular complexity index is 87.8. The fourth-order valence-corrected chi connectivity index (χ4v) is 0.785. The van der Waals surface area contributed by atoms with Gasteiger partial charge in [-0.05, 0) is 13.8 Å². The minimum Gasteiger partial charge on any atom is -0.377 e. The fraction of sp³-hybridized carbons (Fsp3) is 1.00. The topological polar surface area (TPSA) is 70.3 Å². The van der Waals surface area contributed by atoms with Crippen LogP contribution in [-0.4, -0.2) is 37.0 Å². The van der Waals surface area contributed by atoms with Crippen molar-refractivity contribution in [3.05, 3.63) is 0 Å². The summed E-state index contributed by atoms with van der Waals surface area (Å²) in [5.74, 6) is 0. The molecule has 0 aliphatic heterocycles. The second-order valence-electron chi connectivity index (χ2n) is 2.83. The van der Waals surface area contributed by atoms with Crippen LogP contribution in [0.2, 0.25) is 0 Å². The number of aliphatic hydroxyl groups excluding tert-OH is 1. The highest BCUT2D eigenvalue weighted by Crippen LogP contribution is 1.80. The van der Waals surface area contributed by atoms with Crippen LogP contribution in [0.25, 0.3) is 0 Å². The van der Waals surface area contributed by atoms with Crippen LogP contribution < -0.4 is 16.4 Å². The molecule has 0 fully saturated rings. The number of nitrogens with two attached hydrogens (primary N) is 1. The number of aliphatic hydroxyl groups is 1. The molecule has 11 heavy (non-hydrogen) atoms. The molecule has 4 heteroatoms. The van der Waals surface area contributed by atoms with Gasteiger partial charge in [0.1, 0.15) is 6.23 Å². The molecule has 4 nitrogen and oxygen atoms in total. The molecule has 1 unspecified atom stereocenters. The predicted octanol–water partition coefficient (Wildman–Crippen LogP) is -1.15. The second-order valence-corrected chi connectivity index (χ2v) is 2.83. The molecule has 5 N–H and O–H groups in total. The third-order valence-electron chi connectivity index (χ3n) is 1.18. The first kappa shape index (κ1) is 10.8. The van der Waals surface area contributed by atoms with E-state index in [0.29, 0.717) is 19.1 Å². The lowest BCUT2D eigenvalue weighted by molar-refractivity contribution is 0.126. The highest BCUT2D eigenvalue weighted by Gasteiger charge is 2.02. The van der Waals surface area contributed by atoms with Crippen LogP contribution in [0.3, 0.4) is 0 Å². The smallest absolute Gasteiger partial charge is 0.117 e. The quantitative estimate of drug-likeness (QED) is 0.293. The van der Waals surface area contributed by atoms with Gasteiger partial charge in [-0.1, -0.05) is 0 Å². The Hall–Kier alpha value is -0.160. The summed E-state index contributed by atoms with van der Waals surface area (Å²) in [5.41, 5.74) is 5.25. The first-order valence-electron chi connectivity index (χ1n) is 4.01. The summed E-state index contributed by atoms with van der Waals surface area (Å²) in [6, 6.07) is 0.310. The van der Waals surface area contributed by atoms with Crippen molar-refractivity contribution in [3.63, 3.8) is 0 Å². The zero-order valence-corrected chi connectivity index (χ0v) is 7.30. The highest BCUT2D eigenvalue weighted by molar-refractivity contribution is 4.60. The first-order chi connectivity index (χ1) is 5.16. The Kier molecular flexibility index (Phi) is 6.45. The van der Waals surface area contributed by atoms with Crippen LogP contribution in [0.1, 0.15) is 13.8 Å². The van der Waals surface area contributed by atoms with Crippen LogP contribution in [-0.2, 0) is 0 Å². The van der Waals surface area contributed by atoms with Gasteiger partial charge >= 0.3 is 0 Å². The van der Waals surface area contributed by atoms with Gasteiger partial charge in [0.2, 0.25) is 0 Å². The Morgan fingerprint density at radius 1 is 1.45 bits per heavy atom. The summed E-state index contributed by atoms with van der Waals surface area (Å²) in [4.78, 5) is 0. The lowest BCUT2D eigenvalue weighted by Crippen LogP contribution is -2.42. The molecule has 0 saturated carbocycles. The van der Waals surface area contributed by atoms with E-state index in [1.54, 1.807) is 0 Å². The van der Waals surface area contributed by atoms with Crippen molar-refractivity contribution < 1.29 is 5.11 Å².